The predicted octanol–water partition coefficient (Wildman–Crippen LogP) is 0.647. The Labute approximate surface area is 104 Å². The van der Waals surface area contributed by atoms with Crippen molar-refractivity contribution in [3.8, 4) is 0 Å². The molecule has 1 saturated heterocycles. The van der Waals surface area contributed by atoms with Gasteiger partial charge in [-0.15, -0.1) is 0 Å². The summed E-state index contributed by atoms with van der Waals surface area (Å²) in [6.07, 6.45) is 0.635. The Hall–Kier alpha value is -1.28. The first-order chi connectivity index (χ1) is 8.08. The summed E-state index contributed by atoms with van der Waals surface area (Å²) >= 11 is 0. The average molecular weight is 256 g/mol. The molecule has 0 saturated carbocycles. The quantitative estimate of drug-likeness (QED) is 0.698. The Morgan fingerprint density at radius 3 is 2.17 bits per heavy atom. The lowest BCUT2D eigenvalue weighted by Crippen LogP contribution is -2.60. The summed E-state index contributed by atoms with van der Waals surface area (Å²) in [5.74, 6) is -1.12. The summed E-state index contributed by atoms with van der Waals surface area (Å²) in [5.41, 5.74) is -4.14. The largest absolute Gasteiger partial charge is 0.514 e. The van der Waals surface area contributed by atoms with Gasteiger partial charge < -0.3 is 9.31 Å². The van der Waals surface area contributed by atoms with Crippen molar-refractivity contribution in [3.05, 3.63) is 0 Å². The van der Waals surface area contributed by atoms with Gasteiger partial charge in [-0.1, -0.05) is 0 Å². The maximum atomic E-state index is 14.6. The minimum Gasteiger partial charge on any atom is -0.401 e. The smallest absolute Gasteiger partial charge is 0.401 e. The van der Waals surface area contributed by atoms with E-state index in [0.29, 0.717) is 6.21 Å². The number of halogens is 1. The van der Waals surface area contributed by atoms with Crippen LogP contribution in [0.15, 0.2) is 4.99 Å². The van der Waals surface area contributed by atoms with E-state index < -0.39 is 35.8 Å². The van der Waals surface area contributed by atoms with E-state index in [1.54, 1.807) is 33.0 Å². The highest BCUT2D eigenvalue weighted by Crippen LogP contribution is 2.40. The molecule has 8 heteroatoms. The van der Waals surface area contributed by atoms with Crippen molar-refractivity contribution in [1.29, 1.82) is 0 Å². The van der Waals surface area contributed by atoms with E-state index in [9.17, 15) is 14.0 Å². The lowest BCUT2D eigenvalue weighted by Gasteiger charge is -2.32. The average Bonchev–Trinajstić information content (AvgIpc) is 2.43. The first-order valence-electron chi connectivity index (χ1n) is 5.54. The molecule has 1 fully saturated rings. The van der Waals surface area contributed by atoms with Crippen molar-refractivity contribution in [2.24, 2.45) is 4.99 Å². The molecule has 0 bridgehead atoms. The van der Waals surface area contributed by atoms with E-state index in [1.165, 1.54) is 0 Å². The van der Waals surface area contributed by atoms with Gasteiger partial charge in [0.05, 0.1) is 17.4 Å². The molecule has 0 spiro atoms. The van der Waals surface area contributed by atoms with E-state index in [1.807, 2.05) is 0 Å². The number of carbonyl (C=O) groups is 2. The van der Waals surface area contributed by atoms with Crippen molar-refractivity contribution in [3.63, 3.8) is 0 Å². The summed E-state index contributed by atoms with van der Waals surface area (Å²) in [6, 6.07) is -0.898. The lowest BCUT2D eigenvalue weighted by atomic mass is 9.68. The van der Waals surface area contributed by atoms with E-state index >= 15 is 0 Å². The number of amides is 3. The van der Waals surface area contributed by atoms with Crippen molar-refractivity contribution >= 4 is 25.3 Å². The van der Waals surface area contributed by atoms with Crippen molar-refractivity contribution < 1.29 is 23.3 Å². The van der Waals surface area contributed by atoms with Gasteiger partial charge in [-0.2, -0.15) is 0 Å². The fourth-order valence-corrected chi connectivity index (χ4v) is 1.62. The maximum absolute atomic E-state index is 14.6. The topological polar surface area (TPSA) is 77.0 Å². The number of hydrogen-bond acceptors (Lipinski definition) is 4. The molecule has 1 atom stereocenters. The molecule has 1 unspecified atom stereocenters. The Kier molecular flexibility index (Phi) is 2.64. The zero-order chi connectivity index (χ0) is 13.8. The minimum atomic E-state index is -2.60. The van der Waals surface area contributed by atoms with Crippen LogP contribution in [-0.2, 0) is 14.1 Å². The Bertz CT molecular complexity index is 435. The Morgan fingerprint density at radius 2 is 1.72 bits per heavy atom. The summed E-state index contributed by atoms with van der Waals surface area (Å²) in [5, 5.41) is 1.79. The summed E-state index contributed by atoms with van der Waals surface area (Å²) in [6.45, 7) is 6.94. The number of hydrogen-bond donors (Lipinski definition) is 1. The van der Waals surface area contributed by atoms with Crippen LogP contribution < -0.4 is 5.32 Å². The van der Waals surface area contributed by atoms with E-state index in [-0.39, 0.29) is 0 Å². The molecule has 2 heterocycles. The van der Waals surface area contributed by atoms with Crippen LogP contribution in [0.5, 0.6) is 0 Å². The molecule has 2 aliphatic heterocycles. The molecular weight excluding hydrogens is 242 g/mol. The molecular formula is C10H14BFN2O4. The van der Waals surface area contributed by atoms with Gasteiger partial charge >= 0.3 is 13.1 Å². The SMILES string of the molecule is CC1(C)OB(C2(F)C=NC(=O)NC2=O)OC1(C)C. The zero-order valence-electron chi connectivity index (χ0n) is 10.6. The fraction of sp³-hybridized carbons (Fsp3) is 0.700. The number of rotatable bonds is 1. The second kappa shape index (κ2) is 3.61. The third kappa shape index (κ3) is 1.76. The van der Waals surface area contributed by atoms with Crippen LogP contribution in [0.1, 0.15) is 27.7 Å². The maximum Gasteiger partial charge on any atom is 0.514 e. The highest BCUT2D eigenvalue weighted by Gasteiger charge is 2.64. The molecule has 98 valence electrons. The molecule has 0 radical (unpaired) electrons. The van der Waals surface area contributed by atoms with Crippen LogP contribution in [0.25, 0.3) is 0 Å². The lowest BCUT2D eigenvalue weighted by molar-refractivity contribution is -0.125. The number of urea groups is 1. The number of imide groups is 1. The molecule has 0 aromatic carbocycles. The summed E-state index contributed by atoms with van der Waals surface area (Å²) < 4.78 is 25.5. The third-order valence-electron chi connectivity index (χ3n) is 3.53. The van der Waals surface area contributed by atoms with Crippen molar-refractivity contribution in [2.75, 3.05) is 0 Å². The number of carbonyl (C=O) groups excluding carboxylic acids is 2. The molecule has 2 aliphatic rings. The molecule has 0 aliphatic carbocycles. The molecule has 2 rings (SSSR count). The van der Waals surface area contributed by atoms with Crippen LogP contribution in [0.2, 0.25) is 0 Å². The zero-order valence-corrected chi connectivity index (χ0v) is 10.6. The van der Waals surface area contributed by atoms with Crippen LogP contribution in [0.4, 0.5) is 9.18 Å². The highest BCUT2D eigenvalue weighted by atomic mass is 19.1. The van der Waals surface area contributed by atoms with Gasteiger partial charge in [0.2, 0.25) is 0 Å². The second-order valence-corrected chi connectivity index (χ2v) is 5.37. The van der Waals surface area contributed by atoms with E-state index in [0.717, 1.165) is 0 Å². The van der Waals surface area contributed by atoms with E-state index in [2.05, 4.69) is 4.99 Å². The van der Waals surface area contributed by atoms with Crippen LogP contribution >= 0.6 is 0 Å². The van der Waals surface area contributed by atoms with Crippen molar-refractivity contribution in [1.82, 2.24) is 5.32 Å². The molecule has 6 nitrogen and oxygen atoms in total. The van der Waals surface area contributed by atoms with Gasteiger partial charge in [0, 0.05) is 0 Å². The number of nitrogens with zero attached hydrogens (tertiary/aromatic N) is 1. The first kappa shape index (κ1) is 13.2. The number of alkyl halides is 1. The highest BCUT2D eigenvalue weighted by molar-refractivity contribution is 6.61. The Morgan fingerprint density at radius 1 is 1.22 bits per heavy atom. The molecule has 3 amide bonds. The number of aliphatic imine (C=N–C) groups is 1. The Balaban J connectivity index is 2.32. The molecule has 0 aromatic heterocycles. The van der Waals surface area contributed by atoms with Crippen LogP contribution in [-0.4, -0.2) is 42.0 Å². The predicted molar refractivity (Wildman–Crippen MR) is 62.0 cm³/mol. The summed E-state index contributed by atoms with van der Waals surface area (Å²) in [7, 11) is -1.43. The summed E-state index contributed by atoms with van der Waals surface area (Å²) in [4.78, 5) is 25.7. The molecule has 0 aromatic rings. The second-order valence-electron chi connectivity index (χ2n) is 5.37. The molecule has 18 heavy (non-hydrogen) atoms. The van der Waals surface area contributed by atoms with Crippen molar-refractivity contribution in [2.45, 2.75) is 44.5 Å². The minimum absolute atomic E-state index is 0.635. The van der Waals surface area contributed by atoms with Gasteiger partial charge in [-0.05, 0) is 27.7 Å². The van der Waals surface area contributed by atoms with E-state index in [4.69, 9.17) is 9.31 Å². The normalized spacial score (nSPS) is 33.7. The third-order valence-corrected chi connectivity index (χ3v) is 3.53. The standard InChI is InChI=1S/C10H14BFN2O4/c1-8(2)9(3,4)18-11(17-8)10(12)5-13-7(16)14-6(10)15/h5H,1-4H3,(H,14,15,16). The van der Waals surface area contributed by atoms with Gasteiger partial charge in [0.1, 0.15) is 0 Å². The number of nitrogens with one attached hydrogen (secondary N) is 1. The van der Waals surface area contributed by atoms with Crippen LogP contribution in [0.3, 0.4) is 0 Å². The monoisotopic (exact) mass is 256 g/mol. The first-order valence-corrected chi connectivity index (χ1v) is 5.54. The van der Waals surface area contributed by atoms with Crippen LogP contribution in [0, 0.1) is 0 Å². The van der Waals surface area contributed by atoms with Gasteiger partial charge in [-0.25, -0.2) is 14.2 Å². The molecule has 1 N–H and O–H groups in total. The van der Waals surface area contributed by atoms with Gasteiger partial charge in [-0.3, -0.25) is 10.1 Å². The van der Waals surface area contributed by atoms with Gasteiger partial charge in [0.15, 0.2) is 0 Å². The fourth-order valence-electron chi connectivity index (χ4n) is 1.62. The van der Waals surface area contributed by atoms with Gasteiger partial charge in [0.25, 0.3) is 11.5 Å².